The minimum Gasteiger partial charge on any atom is -0.293 e. The van der Waals surface area contributed by atoms with Gasteiger partial charge >= 0.3 is 0 Å². The molecule has 5 nitrogen and oxygen atoms in total. The van der Waals surface area contributed by atoms with E-state index in [1.807, 2.05) is 24.3 Å². The van der Waals surface area contributed by atoms with Gasteiger partial charge in [-0.1, -0.05) is 11.6 Å². The lowest BCUT2D eigenvalue weighted by Crippen LogP contribution is -2.12. The molecule has 0 radical (unpaired) electrons. The predicted octanol–water partition coefficient (Wildman–Crippen LogP) is 3.28. The van der Waals surface area contributed by atoms with E-state index in [-0.39, 0.29) is 5.91 Å². The Labute approximate surface area is 126 Å². The van der Waals surface area contributed by atoms with E-state index in [9.17, 15) is 4.79 Å². The molecule has 1 heterocycles. The van der Waals surface area contributed by atoms with Crippen LogP contribution in [0.1, 0.15) is 18.7 Å². The lowest BCUT2D eigenvalue weighted by atomic mass is 10.3. The molecule has 2 aromatic rings. The lowest BCUT2D eigenvalue weighted by molar-refractivity contribution is -0.116. The van der Waals surface area contributed by atoms with Gasteiger partial charge in [-0.25, -0.2) is 0 Å². The van der Waals surface area contributed by atoms with Crippen LogP contribution in [0.5, 0.6) is 0 Å². The third kappa shape index (κ3) is 4.86. The monoisotopic (exact) mass is 310 g/mol. The molecule has 0 fully saturated rings. The van der Waals surface area contributed by atoms with Crippen molar-refractivity contribution in [3.8, 4) is 0 Å². The Morgan fingerprint density at radius 2 is 2.15 bits per heavy atom. The highest BCUT2D eigenvalue weighted by atomic mass is 35.5. The number of nitrogens with zero attached hydrogens (tertiary/aromatic N) is 2. The number of hydrogen-bond donors (Lipinski definition) is 2. The summed E-state index contributed by atoms with van der Waals surface area (Å²) in [6.45, 7) is 1.78. The van der Waals surface area contributed by atoms with E-state index in [1.165, 1.54) is 0 Å². The fourth-order valence-electron chi connectivity index (χ4n) is 1.54. The first-order chi connectivity index (χ1) is 9.63. The lowest BCUT2D eigenvalue weighted by Gasteiger charge is -2.02. The number of anilines is 1. The highest BCUT2D eigenvalue weighted by molar-refractivity contribution is 7.99. The molecule has 7 heteroatoms. The maximum Gasteiger partial charge on any atom is 0.248 e. The van der Waals surface area contributed by atoms with Crippen LogP contribution in [0.2, 0.25) is 5.02 Å². The zero-order valence-electron chi connectivity index (χ0n) is 11.0. The van der Waals surface area contributed by atoms with Crippen LogP contribution < -0.4 is 5.32 Å². The second-order valence-electron chi connectivity index (χ2n) is 4.20. The second-order valence-corrected chi connectivity index (χ2v) is 5.80. The molecule has 20 heavy (non-hydrogen) atoms. The molecule has 0 atom stereocenters. The van der Waals surface area contributed by atoms with E-state index in [0.717, 1.165) is 22.1 Å². The molecular formula is C13H15ClN4OS. The average molecular weight is 311 g/mol. The molecule has 0 saturated carbocycles. The number of benzene rings is 1. The molecule has 2 N–H and O–H groups in total. The Morgan fingerprint density at radius 3 is 2.80 bits per heavy atom. The summed E-state index contributed by atoms with van der Waals surface area (Å²) < 4.78 is 0. The molecular weight excluding hydrogens is 296 g/mol. The number of halogens is 1. The molecule has 0 spiro atoms. The van der Waals surface area contributed by atoms with E-state index >= 15 is 0 Å². The van der Waals surface area contributed by atoms with Gasteiger partial charge < -0.3 is 0 Å². The summed E-state index contributed by atoms with van der Waals surface area (Å²) in [7, 11) is 0. The normalized spacial score (nSPS) is 10.5. The summed E-state index contributed by atoms with van der Waals surface area (Å²) in [6, 6.07) is 7.68. The van der Waals surface area contributed by atoms with Crippen LogP contribution in [0.4, 0.5) is 5.95 Å². The number of carbonyl (C=O) groups is 1. The number of nitrogens with one attached hydrogen (secondary N) is 2. The number of hydrogen-bond acceptors (Lipinski definition) is 4. The van der Waals surface area contributed by atoms with Gasteiger partial charge in [-0.2, -0.15) is 4.98 Å². The minimum atomic E-state index is -0.0688. The number of aromatic nitrogens is 3. The number of aromatic amines is 1. The van der Waals surface area contributed by atoms with Crippen molar-refractivity contribution in [2.45, 2.75) is 24.7 Å². The first kappa shape index (κ1) is 14.9. The summed E-state index contributed by atoms with van der Waals surface area (Å²) in [4.78, 5) is 16.8. The van der Waals surface area contributed by atoms with Gasteiger partial charge in [0.25, 0.3) is 0 Å². The van der Waals surface area contributed by atoms with Crippen molar-refractivity contribution in [1.29, 1.82) is 0 Å². The summed E-state index contributed by atoms with van der Waals surface area (Å²) >= 11 is 7.52. The van der Waals surface area contributed by atoms with Crippen LogP contribution in [0.25, 0.3) is 0 Å². The van der Waals surface area contributed by atoms with Crippen molar-refractivity contribution in [2.24, 2.45) is 0 Å². The molecule has 2 rings (SSSR count). The molecule has 0 saturated heterocycles. The predicted molar refractivity (Wildman–Crippen MR) is 81.2 cm³/mol. The largest absolute Gasteiger partial charge is 0.293 e. The quantitative estimate of drug-likeness (QED) is 0.634. The van der Waals surface area contributed by atoms with Gasteiger partial charge in [0.1, 0.15) is 5.82 Å². The van der Waals surface area contributed by atoms with Crippen molar-refractivity contribution in [2.75, 3.05) is 11.1 Å². The van der Waals surface area contributed by atoms with Gasteiger partial charge in [0.15, 0.2) is 0 Å². The standard InChI is InChI=1S/C13H15ClN4OS/c1-9-15-13(18-17-9)16-12(19)3-2-8-20-11-6-4-10(14)5-7-11/h4-7H,2-3,8H2,1H3,(H2,15,16,17,18,19). The Hall–Kier alpha value is -1.53. The zero-order valence-corrected chi connectivity index (χ0v) is 12.6. The van der Waals surface area contributed by atoms with Gasteiger partial charge in [0.05, 0.1) is 0 Å². The molecule has 1 amide bonds. The highest BCUT2D eigenvalue weighted by Gasteiger charge is 2.05. The second kappa shape index (κ2) is 7.31. The zero-order chi connectivity index (χ0) is 14.4. The highest BCUT2D eigenvalue weighted by Crippen LogP contribution is 2.21. The van der Waals surface area contributed by atoms with Crippen LogP contribution >= 0.6 is 23.4 Å². The number of H-pyrrole nitrogens is 1. The fourth-order valence-corrected chi connectivity index (χ4v) is 2.52. The number of carbonyl (C=O) groups excluding carboxylic acids is 1. The molecule has 106 valence electrons. The third-order valence-electron chi connectivity index (χ3n) is 2.48. The molecule has 0 unspecified atom stereocenters. The van der Waals surface area contributed by atoms with Crippen LogP contribution in [0.3, 0.4) is 0 Å². The Kier molecular flexibility index (Phi) is 5.43. The van der Waals surface area contributed by atoms with E-state index in [0.29, 0.717) is 18.2 Å². The number of thioether (sulfide) groups is 1. The summed E-state index contributed by atoms with van der Waals surface area (Å²) in [5, 5.41) is 9.91. The SMILES string of the molecule is Cc1nc(NC(=O)CCCSc2ccc(Cl)cc2)n[nH]1. The smallest absolute Gasteiger partial charge is 0.248 e. The van der Waals surface area contributed by atoms with Gasteiger partial charge in [-0.3, -0.25) is 15.2 Å². The van der Waals surface area contributed by atoms with Gasteiger partial charge in [-0.15, -0.1) is 16.9 Å². The molecule has 0 bridgehead atoms. The number of amides is 1. The first-order valence-corrected chi connectivity index (χ1v) is 7.57. The van der Waals surface area contributed by atoms with E-state index in [2.05, 4.69) is 20.5 Å². The Bertz CT molecular complexity index is 570. The van der Waals surface area contributed by atoms with Crippen molar-refractivity contribution < 1.29 is 4.79 Å². The van der Waals surface area contributed by atoms with Gasteiger partial charge in [-0.05, 0) is 43.4 Å². The third-order valence-corrected chi connectivity index (χ3v) is 3.83. The van der Waals surface area contributed by atoms with E-state index < -0.39 is 0 Å². The number of aryl methyl sites for hydroxylation is 1. The number of rotatable bonds is 6. The van der Waals surface area contributed by atoms with Crippen molar-refractivity contribution in [1.82, 2.24) is 15.2 Å². The first-order valence-electron chi connectivity index (χ1n) is 6.21. The maximum atomic E-state index is 11.6. The van der Waals surface area contributed by atoms with Crippen molar-refractivity contribution in [3.05, 3.63) is 35.1 Å². The van der Waals surface area contributed by atoms with E-state index in [4.69, 9.17) is 11.6 Å². The van der Waals surface area contributed by atoms with Crippen LogP contribution in [-0.4, -0.2) is 26.8 Å². The van der Waals surface area contributed by atoms with Gasteiger partial charge in [0.2, 0.25) is 11.9 Å². The van der Waals surface area contributed by atoms with Crippen LogP contribution in [-0.2, 0) is 4.79 Å². The van der Waals surface area contributed by atoms with Crippen LogP contribution in [0.15, 0.2) is 29.2 Å². The maximum absolute atomic E-state index is 11.6. The van der Waals surface area contributed by atoms with Crippen molar-refractivity contribution in [3.63, 3.8) is 0 Å². The van der Waals surface area contributed by atoms with E-state index in [1.54, 1.807) is 18.7 Å². The fraction of sp³-hybridized carbons (Fsp3) is 0.308. The summed E-state index contributed by atoms with van der Waals surface area (Å²) in [5.41, 5.74) is 0. The molecule has 0 aliphatic heterocycles. The topological polar surface area (TPSA) is 70.7 Å². The molecule has 1 aromatic heterocycles. The molecule has 0 aliphatic rings. The average Bonchev–Trinajstić information content (AvgIpc) is 2.82. The summed E-state index contributed by atoms with van der Waals surface area (Å²) in [6.07, 6.45) is 1.25. The Morgan fingerprint density at radius 1 is 1.40 bits per heavy atom. The molecule has 1 aromatic carbocycles. The summed E-state index contributed by atoms with van der Waals surface area (Å²) in [5.74, 6) is 1.82. The minimum absolute atomic E-state index is 0.0688. The molecule has 0 aliphatic carbocycles. The van der Waals surface area contributed by atoms with Gasteiger partial charge in [0, 0.05) is 16.3 Å². The van der Waals surface area contributed by atoms with Crippen molar-refractivity contribution >= 4 is 35.2 Å². The Balaban J connectivity index is 1.65. The van der Waals surface area contributed by atoms with Crippen LogP contribution in [0, 0.1) is 6.92 Å².